The van der Waals surface area contributed by atoms with Crippen molar-refractivity contribution < 1.29 is 9.53 Å². The van der Waals surface area contributed by atoms with Gasteiger partial charge in [0, 0.05) is 19.4 Å². The van der Waals surface area contributed by atoms with Gasteiger partial charge in [-0.1, -0.05) is 12.2 Å². The van der Waals surface area contributed by atoms with Crippen LogP contribution in [0.2, 0.25) is 0 Å². The van der Waals surface area contributed by atoms with Crippen molar-refractivity contribution in [3.63, 3.8) is 0 Å². The average molecular weight is 194 g/mol. The number of ether oxygens (including phenoxy) is 1. The summed E-state index contributed by atoms with van der Waals surface area (Å²) in [5.74, 6) is -0.370. The van der Waals surface area contributed by atoms with Crippen molar-refractivity contribution in [3.05, 3.63) is 23.9 Å². The lowest BCUT2D eigenvalue weighted by molar-refractivity contribution is -0.114. The lowest BCUT2D eigenvalue weighted by atomic mass is 10.1. The van der Waals surface area contributed by atoms with Crippen LogP contribution in [0.25, 0.3) is 0 Å². The highest BCUT2D eigenvalue weighted by Crippen LogP contribution is 2.17. The van der Waals surface area contributed by atoms with Crippen LogP contribution in [0.3, 0.4) is 0 Å². The average Bonchev–Trinajstić information content (AvgIpc) is 2.71. The molecule has 1 saturated heterocycles. The van der Waals surface area contributed by atoms with E-state index in [0.29, 0.717) is 11.6 Å². The van der Waals surface area contributed by atoms with Crippen molar-refractivity contribution in [2.75, 3.05) is 19.8 Å². The van der Waals surface area contributed by atoms with E-state index in [1.54, 1.807) is 6.08 Å². The van der Waals surface area contributed by atoms with E-state index >= 15 is 0 Å². The van der Waals surface area contributed by atoms with Crippen LogP contribution < -0.4 is 5.73 Å². The van der Waals surface area contributed by atoms with Gasteiger partial charge in [0.25, 0.3) is 0 Å². The van der Waals surface area contributed by atoms with Gasteiger partial charge in [0.05, 0.1) is 18.2 Å². The van der Waals surface area contributed by atoms with Crippen molar-refractivity contribution in [1.82, 2.24) is 4.90 Å². The Morgan fingerprint density at radius 3 is 3.14 bits per heavy atom. The first-order chi connectivity index (χ1) is 6.77. The van der Waals surface area contributed by atoms with Crippen LogP contribution in [-0.2, 0) is 9.53 Å². The van der Waals surface area contributed by atoms with Crippen LogP contribution in [0.4, 0.5) is 0 Å². The van der Waals surface area contributed by atoms with Crippen molar-refractivity contribution in [1.29, 1.82) is 0 Å². The number of carbonyl (C=O) groups excluding carboxylic acids is 1. The summed E-state index contributed by atoms with van der Waals surface area (Å²) in [6.07, 6.45) is 6.59. The van der Waals surface area contributed by atoms with Gasteiger partial charge in [-0.25, -0.2) is 0 Å². The predicted molar refractivity (Wildman–Crippen MR) is 52.3 cm³/mol. The van der Waals surface area contributed by atoms with E-state index < -0.39 is 0 Å². The highest BCUT2D eigenvalue weighted by Gasteiger charge is 2.22. The Labute approximate surface area is 83.0 Å². The summed E-state index contributed by atoms with van der Waals surface area (Å²) in [6, 6.07) is 0.397. The van der Waals surface area contributed by atoms with E-state index in [1.807, 2.05) is 12.3 Å². The van der Waals surface area contributed by atoms with Gasteiger partial charge in [0.1, 0.15) is 0 Å². The molecule has 1 atom stereocenters. The van der Waals surface area contributed by atoms with Crippen molar-refractivity contribution in [3.8, 4) is 0 Å². The van der Waals surface area contributed by atoms with Crippen molar-refractivity contribution in [2.24, 2.45) is 5.73 Å². The second-order valence-electron chi connectivity index (χ2n) is 3.57. The molecule has 0 aromatic heterocycles. The molecular formula is C10H14N2O2. The monoisotopic (exact) mass is 194 g/mol. The van der Waals surface area contributed by atoms with Crippen LogP contribution in [0.15, 0.2) is 23.9 Å². The molecule has 0 saturated carbocycles. The Kier molecular flexibility index (Phi) is 2.54. The van der Waals surface area contributed by atoms with Gasteiger partial charge < -0.3 is 15.4 Å². The molecular weight excluding hydrogens is 180 g/mol. The molecule has 0 radical (unpaired) electrons. The third kappa shape index (κ3) is 1.80. The lowest BCUT2D eigenvalue weighted by Gasteiger charge is -2.27. The Morgan fingerprint density at radius 1 is 1.64 bits per heavy atom. The maximum Gasteiger partial charge on any atom is 0.250 e. The maximum absolute atomic E-state index is 11.0. The summed E-state index contributed by atoms with van der Waals surface area (Å²) < 4.78 is 5.29. The molecule has 4 nitrogen and oxygen atoms in total. The summed E-state index contributed by atoms with van der Waals surface area (Å²) in [5.41, 5.74) is 5.78. The van der Waals surface area contributed by atoms with Crippen LogP contribution in [0, 0.1) is 0 Å². The third-order valence-corrected chi connectivity index (χ3v) is 2.58. The van der Waals surface area contributed by atoms with Gasteiger partial charge in [-0.05, 0) is 6.42 Å². The van der Waals surface area contributed by atoms with Crippen LogP contribution in [0.1, 0.15) is 6.42 Å². The molecule has 0 aliphatic carbocycles. The standard InChI is InChI=1S/C10H14N2O2/c11-10(13)8-2-1-4-12(6-8)9-3-5-14-7-9/h1-2,6,9H,3-5,7H2,(H2,11,13)/t9-/m1/s1. The van der Waals surface area contributed by atoms with Crippen molar-refractivity contribution in [2.45, 2.75) is 12.5 Å². The summed E-state index contributed by atoms with van der Waals surface area (Å²) in [7, 11) is 0. The smallest absolute Gasteiger partial charge is 0.250 e. The minimum atomic E-state index is -0.370. The molecule has 2 aliphatic rings. The van der Waals surface area contributed by atoms with E-state index in [9.17, 15) is 4.79 Å². The summed E-state index contributed by atoms with van der Waals surface area (Å²) in [6.45, 7) is 2.39. The Hall–Kier alpha value is -1.29. The number of carbonyl (C=O) groups is 1. The van der Waals surface area contributed by atoms with E-state index in [2.05, 4.69) is 4.90 Å². The maximum atomic E-state index is 11.0. The minimum absolute atomic E-state index is 0.370. The summed E-state index contributed by atoms with van der Waals surface area (Å²) in [5, 5.41) is 0. The van der Waals surface area contributed by atoms with Gasteiger partial charge in [-0.2, -0.15) is 0 Å². The first-order valence-corrected chi connectivity index (χ1v) is 4.79. The topological polar surface area (TPSA) is 55.6 Å². The van der Waals surface area contributed by atoms with E-state index in [4.69, 9.17) is 10.5 Å². The molecule has 0 spiro atoms. The zero-order valence-corrected chi connectivity index (χ0v) is 7.98. The zero-order chi connectivity index (χ0) is 9.97. The molecule has 2 rings (SSSR count). The first kappa shape index (κ1) is 9.27. The zero-order valence-electron chi connectivity index (χ0n) is 7.98. The van der Waals surface area contributed by atoms with Crippen LogP contribution in [0.5, 0.6) is 0 Å². The normalized spacial score (nSPS) is 26.4. The number of hydrogen-bond acceptors (Lipinski definition) is 3. The largest absolute Gasteiger partial charge is 0.379 e. The molecule has 76 valence electrons. The molecule has 2 N–H and O–H groups in total. The van der Waals surface area contributed by atoms with Gasteiger partial charge in [-0.15, -0.1) is 0 Å². The van der Waals surface area contributed by atoms with Gasteiger partial charge in [0.15, 0.2) is 0 Å². The summed E-state index contributed by atoms with van der Waals surface area (Å²) in [4.78, 5) is 13.1. The molecule has 4 heteroatoms. The van der Waals surface area contributed by atoms with Crippen molar-refractivity contribution >= 4 is 5.91 Å². The predicted octanol–water partition coefficient (Wildman–Crippen LogP) is 0.0163. The third-order valence-electron chi connectivity index (χ3n) is 2.58. The first-order valence-electron chi connectivity index (χ1n) is 4.79. The summed E-state index contributed by atoms with van der Waals surface area (Å²) >= 11 is 0. The second-order valence-corrected chi connectivity index (χ2v) is 3.57. The fraction of sp³-hybridized carbons (Fsp3) is 0.500. The minimum Gasteiger partial charge on any atom is -0.379 e. The molecule has 0 bridgehead atoms. The number of hydrogen-bond donors (Lipinski definition) is 1. The molecule has 1 fully saturated rings. The van der Waals surface area contributed by atoms with Gasteiger partial charge >= 0.3 is 0 Å². The molecule has 2 aliphatic heterocycles. The molecule has 14 heavy (non-hydrogen) atoms. The molecule has 0 aromatic carbocycles. The molecule has 0 aromatic rings. The van der Waals surface area contributed by atoms with Gasteiger partial charge in [0.2, 0.25) is 5.91 Å². The van der Waals surface area contributed by atoms with E-state index in [-0.39, 0.29) is 5.91 Å². The Balaban J connectivity index is 2.07. The number of amides is 1. The second kappa shape index (κ2) is 3.84. The molecule has 2 heterocycles. The fourth-order valence-electron chi connectivity index (χ4n) is 1.76. The molecule has 0 unspecified atom stereocenters. The fourth-order valence-corrected chi connectivity index (χ4v) is 1.76. The quantitative estimate of drug-likeness (QED) is 0.674. The lowest BCUT2D eigenvalue weighted by Crippen LogP contribution is -2.34. The number of rotatable bonds is 2. The van der Waals surface area contributed by atoms with Crippen LogP contribution >= 0.6 is 0 Å². The van der Waals surface area contributed by atoms with E-state index in [0.717, 1.165) is 26.2 Å². The Morgan fingerprint density at radius 2 is 2.50 bits per heavy atom. The van der Waals surface area contributed by atoms with Gasteiger partial charge in [-0.3, -0.25) is 4.79 Å². The van der Waals surface area contributed by atoms with E-state index in [1.165, 1.54) is 0 Å². The Bertz CT molecular complexity index is 290. The van der Waals surface area contributed by atoms with Crippen LogP contribution in [-0.4, -0.2) is 36.6 Å². The highest BCUT2D eigenvalue weighted by molar-refractivity contribution is 5.94. The highest BCUT2D eigenvalue weighted by atomic mass is 16.5. The molecule has 1 amide bonds. The number of nitrogens with zero attached hydrogens (tertiary/aromatic N) is 1. The number of primary amides is 1. The number of nitrogens with two attached hydrogens (primary N) is 1. The SMILES string of the molecule is NC(=O)C1=CN([C@@H]2CCOC2)CC=C1.